The molecule has 2 aromatic rings. The van der Waals surface area contributed by atoms with E-state index in [0.717, 1.165) is 36.3 Å². The van der Waals surface area contributed by atoms with Crippen LogP contribution in [0.3, 0.4) is 0 Å². The number of carbonyl (C=O) groups excluding carboxylic acids is 1. The predicted molar refractivity (Wildman–Crippen MR) is 79.5 cm³/mol. The molecule has 2 heterocycles. The highest BCUT2D eigenvalue weighted by molar-refractivity contribution is 5.93. The van der Waals surface area contributed by atoms with Gasteiger partial charge in [0.1, 0.15) is 5.75 Å². The highest BCUT2D eigenvalue weighted by Gasteiger charge is 2.32. The third kappa shape index (κ3) is 2.53. The monoisotopic (exact) mass is 285 g/mol. The fraction of sp³-hybridized carbons (Fsp3) is 0.353. The lowest BCUT2D eigenvalue weighted by Crippen LogP contribution is -2.30. The maximum atomic E-state index is 12.6. The molecule has 1 amide bonds. The molecule has 0 N–H and O–H groups in total. The third-order valence-corrected chi connectivity index (χ3v) is 4.07. The van der Waals surface area contributed by atoms with Crippen LogP contribution in [0.1, 0.15) is 40.6 Å². The fourth-order valence-corrected chi connectivity index (χ4v) is 2.90. The van der Waals surface area contributed by atoms with Gasteiger partial charge in [-0.3, -0.25) is 4.79 Å². The normalized spacial score (nSPS) is 18.0. The minimum absolute atomic E-state index is 0.0178. The Kier molecular flexibility index (Phi) is 3.69. The van der Waals surface area contributed by atoms with Gasteiger partial charge >= 0.3 is 0 Å². The summed E-state index contributed by atoms with van der Waals surface area (Å²) in [4.78, 5) is 14.6. The molecule has 3 rings (SSSR count). The fourth-order valence-electron chi connectivity index (χ4n) is 2.90. The van der Waals surface area contributed by atoms with Gasteiger partial charge in [0.05, 0.1) is 19.4 Å². The van der Waals surface area contributed by atoms with Crippen LogP contribution in [0.5, 0.6) is 5.75 Å². The highest BCUT2D eigenvalue weighted by atomic mass is 16.5. The highest BCUT2D eigenvalue weighted by Crippen LogP contribution is 2.34. The number of hydrogen-bond acceptors (Lipinski definition) is 3. The second-order valence-electron chi connectivity index (χ2n) is 5.36. The Morgan fingerprint density at radius 1 is 1.29 bits per heavy atom. The first-order valence-corrected chi connectivity index (χ1v) is 7.19. The Morgan fingerprint density at radius 3 is 2.67 bits per heavy atom. The smallest absolute Gasteiger partial charge is 0.290 e. The third-order valence-electron chi connectivity index (χ3n) is 4.07. The quantitative estimate of drug-likeness (QED) is 0.865. The number of methoxy groups -OCH3 is 1. The molecule has 110 valence electrons. The van der Waals surface area contributed by atoms with Crippen molar-refractivity contribution in [3.63, 3.8) is 0 Å². The number of hydrogen-bond donors (Lipinski definition) is 0. The molecular formula is C17H19NO3. The summed E-state index contributed by atoms with van der Waals surface area (Å²) in [7, 11) is 1.65. The van der Waals surface area contributed by atoms with Gasteiger partial charge in [-0.1, -0.05) is 12.1 Å². The van der Waals surface area contributed by atoms with E-state index in [0.29, 0.717) is 5.76 Å². The van der Waals surface area contributed by atoms with Crippen LogP contribution in [0.25, 0.3) is 0 Å². The largest absolute Gasteiger partial charge is 0.497 e. The zero-order valence-electron chi connectivity index (χ0n) is 12.3. The summed E-state index contributed by atoms with van der Waals surface area (Å²) in [6.07, 6.45) is 3.57. The lowest BCUT2D eigenvalue weighted by atomic mass is 10.0. The van der Waals surface area contributed by atoms with Gasteiger partial charge in [-0.15, -0.1) is 0 Å². The topological polar surface area (TPSA) is 42.7 Å². The van der Waals surface area contributed by atoms with Gasteiger partial charge < -0.3 is 14.1 Å². The van der Waals surface area contributed by atoms with E-state index in [1.165, 1.54) is 0 Å². The Morgan fingerprint density at radius 2 is 2.05 bits per heavy atom. The van der Waals surface area contributed by atoms with Gasteiger partial charge in [-0.05, 0) is 43.5 Å². The maximum Gasteiger partial charge on any atom is 0.290 e. The van der Waals surface area contributed by atoms with E-state index in [-0.39, 0.29) is 11.9 Å². The molecule has 4 nitrogen and oxygen atoms in total. The van der Waals surface area contributed by atoms with Crippen LogP contribution >= 0.6 is 0 Å². The molecule has 1 atom stereocenters. The van der Waals surface area contributed by atoms with Crippen LogP contribution in [0.15, 0.2) is 41.0 Å². The van der Waals surface area contributed by atoms with E-state index in [4.69, 9.17) is 9.15 Å². The van der Waals surface area contributed by atoms with Gasteiger partial charge in [0.2, 0.25) is 0 Å². The van der Waals surface area contributed by atoms with Crippen molar-refractivity contribution in [2.75, 3.05) is 13.7 Å². The van der Waals surface area contributed by atoms with Gasteiger partial charge in [-0.2, -0.15) is 0 Å². The SMILES string of the molecule is COc1ccc([C@@H]2CCCN2C(=O)c2occc2C)cc1. The van der Waals surface area contributed by atoms with Gasteiger partial charge in [0.25, 0.3) is 5.91 Å². The Balaban J connectivity index is 1.85. The summed E-state index contributed by atoms with van der Waals surface area (Å²) in [5.74, 6) is 1.27. The van der Waals surface area contributed by atoms with Crippen molar-refractivity contribution < 1.29 is 13.9 Å². The minimum atomic E-state index is -0.0178. The Hall–Kier alpha value is -2.23. The van der Waals surface area contributed by atoms with E-state index in [2.05, 4.69) is 0 Å². The Labute approximate surface area is 124 Å². The summed E-state index contributed by atoms with van der Waals surface area (Å²) in [5.41, 5.74) is 2.03. The summed E-state index contributed by atoms with van der Waals surface area (Å²) >= 11 is 0. The Bertz CT molecular complexity index is 630. The second kappa shape index (κ2) is 5.64. The van der Waals surface area contributed by atoms with Crippen molar-refractivity contribution in [3.8, 4) is 5.75 Å². The number of likely N-dealkylation sites (tertiary alicyclic amines) is 1. The van der Waals surface area contributed by atoms with Crippen LogP contribution in [-0.2, 0) is 0 Å². The summed E-state index contributed by atoms with van der Waals surface area (Å²) in [6.45, 7) is 2.67. The molecule has 1 aliphatic rings. The van der Waals surface area contributed by atoms with E-state index < -0.39 is 0 Å². The standard InChI is InChI=1S/C17H19NO3/c1-12-9-11-21-16(12)17(19)18-10-3-4-15(18)13-5-7-14(20-2)8-6-13/h5-9,11,15H,3-4,10H2,1-2H3/t15-/m0/s1. The van der Waals surface area contributed by atoms with E-state index in [9.17, 15) is 4.79 Å². The van der Waals surface area contributed by atoms with Crippen molar-refractivity contribution in [2.45, 2.75) is 25.8 Å². The second-order valence-corrected chi connectivity index (χ2v) is 5.36. The maximum absolute atomic E-state index is 12.6. The van der Waals surface area contributed by atoms with Crippen LogP contribution in [0.4, 0.5) is 0 Å². The molecule has 1 aliphatic heterocycles. The molecule has 0 unspecified atom stereocenters. The summed E-state index contributed by atoms with van der Waals surface area (Å²) in [5, 5.41) is 0. The summed E-state index contributed by atoms with van der Waals surface area (Å²) < 4.78 is 10.5. The van der Waals surface area contributed by atoms with Crippen molar-refractivity contribution in [1.82, 2.24) is 4.90 Å². The summed E-state index contributed by atoms with van der Waals surface area (Å²) in [6, 6.07) is 9.89. The van der Waals surface area contributed by atoms with Gasteiger partial charge in [0.15, 0.2) is 5.76 Å². The first-order valence-electron chi connectivity index (χ1n) is 7.19. The van der Waals surface area contributed by atoms with Crippen LogP contribution in [0.2, 0.25) is 0 Å². The van der Waals surface area contributed by atoms with E-state index in [1.54, 1.807) is 13.4 Å². The molecule has 4 heteroatoms. The van der Waals surface area contributed by atoms with Crippen molar-refractivity contribution in [3.05, 3.63) is 53.5 Å². The van der Waals surface area contributed by atoms with Crippen molar-refractivity contribution >= 4 is 5.91 Å². The number of rotatable bonds is 3. The zero-order chi connectivity index (χ0) is 14.8. The molecule has 1 aromatic heterocycles. The molecule has 0 bridgehead atoms. The number of furan rings is 1. The molecular weight excluding hydrogens is 266 g/mol. The molecule has 0 aliphatic carbocycles. The average Bonchev–Trinajstić information content (AvgIpc) is 3.15. The first kappa shape index (κ1) is 13.7. The first-order chi connectivity index (χ1) is 10.2. The van der Waals surface area contributed by atoms with Crippen molar-refractivity contribution in [2.24, 2.45) is 0 Å². The molecule has 1 aromatic carbocycles. The van der Waals surface area contributed by atoms with Crippen LogP contribution < -0.4 is 4.74 Å². The zero-order valence-corrected chi connectivity index (χ0v) is 12.3. The molecule has 0 radical (unpaired) electrons. The minimum Gasteiger partial charge on any atom is -0.497 e. The number of aryl methyl sites for hydroxylation is 1. The van der Waals surface area contributed by atoms with Crippen LogP contribution in [-0.4, -0.2) is 24.5 Å². The van der Waals surface area contributed by atoms with Crippen molar-refractivity contribution in [1.29, 1.82) is 0 Å². The average molecular weight is 285 g/mol. The molecule has 21 heavy (non-hydrogen) atoms. The number of nitrogens with zero attached hydrogens (tertiary/aromatic N) is 1. The van der Waals surface area contributed by atoms with Gasteiger partial charge in [0, 0.05) is 12.1 Å². The lowest BCUT2D eigenvalue weighted by molar-refractivity contribution is 0.0702. The van der Waals surface area contributed by atoms with E-state index in [1.807, 2.05) is 42.2 Å². The molecule has 0 spiro atoms. The van der Waals surface area contributed by atoms with Crippen LogP contribution in [0, 0.1) is 6.92 Å². The predicted octanol–water partition coefficient (Wildman–Crippen LogP) is 3.57. The number of carbonyl (C=O) groups is 1. The number of amides is 1. The lowest BCUT2D eigenvalue weighted by Gasteiger charge is -2.24. The molecule has 1 saturated heterocycles. The number of benzene rings is 1. The molecule has 1 fully saturated rings. The molecule has 0 saturated carbocycles. The van der Waals surface area contributed by atoms with Gasteiger partial charge in [-0.25, -0.2) is 0 Å². The van der Waals surface area contributed by atoms with E-state index >= 15 is 0 Å². The number of ether oxygens (including phenoxy) is 1.